The van der Waals surface area contributed by atoms with Crippen molar-refractivity contribution >= 4 is 32.6 Å². The van der Waals surface area contributed by atoms with Crippen molar-refractivity contribution in [1.29, 1.82) is 0 Å². The number of para-hydroxylation sites is 1. The Bertz CT molecular complexity index is 754. The molecule has 3 rings (SSSR count). The second-order valence-corrected chi connectivity index (χ2v) is 6.28. The molecule has 0 aliphatic rings. The van der Waals surface area contributed by atoms with Gasteiger partial charge in [-0.15, -0.1) is 0 Å². The van der Waals surface area contributed by atoms with Gasteiger partial charge in [-0.1, -0.05) is 23.5 Å². The number of nitrogens with zero attached hydrogens (tertiary/aromatic N) is 3. The average molecular weight is 326 g/mol. The Morgan fingerprint density at radius 2 is 2.00 bits per heavy atom. The van der Waals surface area contributed by atoms with Crippen molar-refractivity contribution in [1.82, 2.24) is 15.3 Å². The molecule has 0 spiro atoms. The first kappa shape index (κ1) is 15.4. The molecule has 1 amide bonds. The summed E-state index contributed by atoms with van der Waals surface area (Å²) < 4.78 is 1.13. The van der Waals surface area contributed by atoms with Gasteiger partial charge in [0.2, 0.25) is 5.91 Å². The molecule has 0 aliphatic heterocycles. The Balaban J connectivity index is 1.51. The van der Waals surface area contributed by atoms with Gasteiger partial charge in [-0.2, -0.15) is 0 Å². The van der Waals surface area contributed by atoms with Gasteiger partial charge < -0.3 is 10.2 Å². The zero-order chi connectivity index (χ0) is 16.1. The second-order valence-electron chi connectivity index (χ2n) is 5.28. The molecular formula is C17H18N4OS. The lowest BCUT2D eigenvalue weighted by Gasteiger charge is -2.15. The van der Waals surface area contributed by atoms with Crippen molar-refractivity contribution in [3.63, 3.8) is 0 Å². The molecule has 3 aromatic rings. The predicted octanol–water partition coefficient (Wildman–Crippen LogP) is 2.49. The van der Waals surface area contributed by atoms with Crippen LogP contribution < -0.4 is 10.2 Å². The maximum absolute atomic E-state index is 12.0. The van der Waals surface area contributed by atoms with Crippen LogP contribution in [0.25, 0.3) is 10.2 Å². The molecule has 0 unspecified atom stereocenters. The Kier molecular flexibility index (Phi) is 4.83. The van der Waals surface area contributed by atoms with Crippen LogP contribution in [0.4, 0.5) is 5.13 Å². The van der Waals surface area contributed by atoms with Gasteiger partial charge in [-0.3, -0.25) is 9.78 Å². The summed E-state index contributed by atoms with van der Waals surface area (Å²) in [6, 6.07) is 11.9. The van der Waals surface area contributed by atoms with Crippen molar-refractivity contribution in [3.8, 4) is 0 Å². The van der Waals surface area contributed by atoms with E-state index >= 15 is 0 Å². The van der Waals surface area contributed by atoms with E-state index in [9.17, 15) is 4.79 Å². The van der Waals surface area contributed by atoms with E-state index in [2.05, 4.69) is 15.3 Å². The number of likely N-dealkylation sites (N-methyl/N-ethyl adjacent to an activating group) is 1. The summed E-state index contributed by atoms with van der Waals surface area (Å²) in [4.78, 5) is 22.5. The van der Waals surface area contributed by atoms with Gasteiger partial charge in [0.25, 0.3) is 0 Å². The standard InChI is InChI=1S/C17H18N4OS/c1-21(17-20-14-4-2-3-5-15(14)23-17)12-16(22)19-11-8-13-6-9-18-10-7-13/h2-7,9-10H,8,11-12H2,1H3,(H,19,22). The number of hydrogen-bond donors (Lipinski definition) is 1. The molecule has 0 atom stereocenters. The number of thiazole rings is 1. The van der Waals surface area contributed by atoms with Crippen LogP contribution in [0.15, 0.2) is 48.8 Å². The topological polar surface area (TPSA) is 58.1 Å². The third-order valence-corrected chi connectivity index (χ3v) is 4.63. The van der Waals surface area contributed by atoms with Crippen LogP contribution in [-0.4, -0.2) is 36.0 Å². The lowest BCUT2D eigenvalue weighted by atomic mass is 10.2. The highest BCUT2D eigenvalue weighted by Crippen LogP contribution is 2.27. The molecule has 2 aromatic heterocycles. The molecule has 5 nitrogen and oxygen atoms in total. The van der Waals surface area contributed by atoms with E-state index in [4.69, 9.17) is 0 Å². The summed E-state index contributed by atoms with van der Waals surface area (Å²) in [6.07, 6.45) is 4.33. The van der Waals surface area contributed by atoms with E-state index in [0.29, 0.717) is 13.1 Å². The van der Waals surface area contributed by atoms with Gasteiger partial charge in [0.05, 0.1) is 16.8 Å². The summed E-state index contributed by atoms with van der Waals surface area (Å²) in [7, 11) is 1.89. The van der Waals surface area contributed by atoms with Crippen molar-refractivity contribution < 1.29 is 4.79 Å². The third kappa shape index (κ3) is 4.04. The van der Waals surface area contributed by atoms with Gasteiger partial charge in [-0.25, -0.2) is 4.98 Å². The first-order valence-corrected chi connectivity index (χ1v) is 8.26. The number of aromatic nitrogens is 2. The fourth-order valence-corrected chi connectivity index (χ4v) is 3.18. The number of benzene rings is 1. The molecule has 0 radical (unpaired) electrons. The smallest absolute Gasteiger partial charge is 0.239 e. The molecule has 23 heavy (non-hydrogen) atoms. The van der Waals surface area contributed by atoms with E-state index < -0.39 is 0 Å². The number of nitrogens with one attached hydrogen (secondary N) is 1. The highest BCUT2D eigenvalue weighted by molar-refractivity contribution is 7.22. The van der Waals surface area contributed by atoms with Gasteiger partial charge in [0, 0.05) is 26.0 Å². The van der Waals surface area contributed by atoms with Gasteiger partial charge in [-0.05, 0) is 36.2 Å². The molecule has 1 N–H and O–H groups in total. The summed E-state index contributed by atoms with van der Waals surface area (Å²) in [5.41, 5.74) is 2.14. The first-order valence-electron chi connectivity index (χ1n) is 7.45. The third-order valence-electron chi connectivity index (χ3n) is 3.48. The fraction of sp³-hybridized carbons (Fsp3) is 0.235. The molecule has 118 valence electrons. The molecule has 6 heteroatoms. The summed E-state index contributed by atoms with van der Waals surface area (Å²) in [5, 5.41) is 3.80. The molecule has 0 aliphatic carbocycles. The number of hydrogen-bond acceptors (Lipinski definition) is 5. The van der Waals surface area contributed by atoms with E-state index in [1.54, 1.807) is 23.7 Å². The Labute approximate surface area is 139 Å². The molecule has 0 bridgehead atoms. The number of pyridine rings is 1. The largest absolute Gasteiger partial charge is 0.354 e. The highest BCUT2D eigenvalue weighted by Gasteiger charge is 2.11. The SMILES string of the molecule is CN(CC(=O)NCCc1ccncc1)c1nc2ccccc2s1. The number of anilines is 1. The van der Waals surface area contributed by atoms with Gasteiger partial charge >= 0.3 is 0 Å². The summed E-state index contributed by atoms with van der Waals surface area (Å²) >= 11 is 1.60. The van der Waals surface area contributed by atoms with Crippen LogP contribution in [0.1, 0.15) is 5.56 Å². The molecular weight excluding hydrogens is 308 g/mol. The Morgan fingerprint density at radius 1 is 1.22 bits per heavy atom. The summed E-state index contributed by atoms with van der Waals surface area (Å²) in [5.74, 6) is 0.000752. The van der Waals surface area contributed by atoms with E-state index in [1.165, 1.54) is 5.56 Å². The molecule has 1 aromatic carbocycles. The monoisotopic (exact) mass is 326 g/mol. The van der Waals surface area contributed by atoms with Gasteiger partial charge in [0.1, 0.15) is 0 Å². The Hall–Kier alpha value is -2.47. The van der Waals surface area contributed by atoms with Crippen LogP contribution in [0.2, 0.25) is 0 Å². The van der Waals surface area contributed by atoms with Crippen molar-refractivity contribution in [3.05, 3.63) is 54.4 Å². The van der Waals surface area contributed by atoms with Crippen molar-refractivity contribution in [2.45, 2.75) is 6.42 Å². The number of amides is 1. The zero-order valence-electron chi connectivity index (χ0n) is 12.9. The molecule has 0 fully saturated rings. The molecule has 0 saturated heterocycles. The van der Waals surface area contributed by atoms with Crippen molar-refractivity contribution in [2.75, 3.05) is 25.0 Å². The molecule has 2 heterocycles. The predicted molar refractivity (Wildman–Crippen MR) is 93.8 cm³/mol. The minimum Gasteiger partial charge on any atom is -0.354 e. The van der Waals surface area contributed by atoms with Crippen molar-refractivity contribution in [2.24, 2.45) is 0 Å². The van der Waals surface area contributed by atoms with Crippen LogP contribution in [0.3, 0.4) is 0 Å². The number of rotatable bonds is 6. The van der Waals surface area contributed by atoms with Gasteiger partial charge in [0.15, 0.2) is 5.13 Å². The minimum atomic E-state index is 0.000752. The lowest BCUT2D eigenvalue weighted by Crippen LogP contribution is -2.36. The average Bonchev–Trinajstić information content (AvgIpc) is 3.00. The second kappa shape index (κ2) is 7.19. The fourth-order valence-electron chi connectivity index (χ4n) is 2.26. The van der Waals surface area contributed by atoms with E-state index in [1.807, 2.05) is 48.3 Å². The maximum Gasteiger partial charge on any atom is 0.239 e. The van der Waals surface area contributed by atoms with Crippen LogP contribution in [-0.2, 0) is 11.2 Å². The minimum absolute atomic E-state index is 0.000752. The first-order chi connectivity index (χ1) is 11.2. The van der Waals surface area contributed by atoms with E-state index in [-0.39, 0.29) is 5.91 Å². The highest BCUT2D eigenvalue weighted by atomic mass is 32.1. The molecule has 0 saturated carbocycles. The van der Waals surface area contributed by atoms with E-state index in [0.717, 1.165) is 21.8 Å². The number of fused-ring (bicyclic) bond motifs is 1. The van der Waals surface area contributed by atoms with Crippen LogP contribution in [0.5, 0.6) is 0 Å². The zero-order valence-corrected chi connectivity index (χ0v) is 13.7. The van der Waals surface area contributed by atoms with Crippen LogP contribution >= 0.6 is 11.3 Å². The number of carbonyl (C=O) groups is 1. The van der Waals surface area contributed by atoms with Crippen LogP contribution in [0, 0.1) is 0 Å². The number of carbonyl (C=O) groups excluding carboxylic acids is 1. The summed E-state index contributed by atoms with van der Waals surface area (Å²) in [6.45, 7) is 0.923. The maximum atomic E-state index is 12.0. The normalized spacial score (nSPS) is 10.7. The Morgan fingerprint density at radius 3 is 2.78 bits per heavy atom. The lowest BCUT2D eigenvalue weighted by molar-refractivity contribution is -0.119. The quantitative estimate of drug-likeness (QED) is 0.756.